The number of imide groups is 1. The molecule has 0 radical (unpaired) electrons. The lowest BCUT2D eigenvalue weighted by atomic mass is 9.90. The first-order chi connectivity index (χ1) is 16.4. The number of hydrogen-bond donors (Lipinski definition) is 1. The van der Waals surface area contributed by atoms with Crippen molar-refractivity contribution in [1.82, 2.24) is 0 Å². The fraction of sp³-hybridized carbons (Fsp3) is 0.200. The molecular weight excluding hydrogens is 524 g/mol. The van der Waals surface area contributed by atoms with Gasteiger partial charge in [-0.3, -0.25) is 14.4 Å². The Hall–Kier alpha value is -3.07. The topological polar surface area (TPSA) is 79.3 Å². The van der Waals surface area contributed by atoms with Crippen molar-refractivity contribution in [2.75, 3.05) is 16.6 Å². The van der Waals surface area contributed by atoms with E-state index in [1.165, 1.54) is 0 Å². The minimum atomic E-state index is -1.00. The molecule has 2 saturated heterocycles. The molecule has 34 heavy (non-hydrogen) atoms. The van der Waals surface area contributed by atoms with E-state index in [0.29, 0.717) is 33.0 Å². The molecule has 0 saturated carbocycles. The Morgan fingerprint density at radius 3 is 2.41 bits per heavy atom. The minimum Gasteiger partial charge on any atom is -0.503 e. The van der Waals surface area contributed by atoms with Crippen LogP contribution in [-0.4, -0.2) is 29.6 Å². The number of phenolic OH excluding ortho intramolecular Hbond substituents is 1. The number of ether oxygens (including phenoxy) is 1. The summed E-state index contributed by atoms with van der Waals surface area (Å²) in [5.41, 5.74) is 1.79. The predicted molar refractivity (Wildman–Crippen MR) is 131 cm³/mol. The summed E-state index contributed by atoms with van der Waals surface area (Å²) >= 11 is 9.37. The van der Waals surface area contributed by atoms with Gasteiger partial charge in [-0.15, -0.1) is 0 Å². The number of phenols is 1. The molecule has 0 bridgehead atoms. The van der Waals surface area contributed by atoms with Crippen molar-refractivity contribution in [3.05, 3.63) is 81.8 Å². The Labute approximate surface area is 209 Å². The van der Waals surface area contributed by atoms with Gasteiger partial charge in [-0.25, -0.2) is 9.96 Å². The summed E-state index contributed by atoms with van der Waals surface area (Å²) in [6.45, 7) is 2.16. The number of fused-ring (bicyclic) bond motifs is 1. The number of aromatic hydroxyl groups is 1. The Bertz CT molecular complexity index is 1250. The van der Waals surface area contributed by atoms with Crippen molar-refractivity contribution >= 4 is 50.7 Å². The first-order valence-corrected chi connectivity index (χ1v) is 11.9. The largest absolute Gasteiger partial charge is 0.503 e. The zero-order valence-corrected chi connectivity index (χ0v) is 20.4. The molecule has 2 amide bonds. The summed E-state index contributed by atoms with van der Waals surface area (Å²) in [7, 11) is 0. The number of nitrogens with zero attached hydrogens (tertiary/aromatic N) is 2. The Morgan fingerprint density at radius 2 is 1.74 bits per heavy atom. The highest BCUT2D eigenvalue weighted by Crippen LogP contribution is 2.49. The van der Waals surface area contributed by atoms with Crippen molar-refractivity contribution in [2.24, 2.45) is 5.92 Å². The van der Waals surface area contributed by atoms with Crippen LogP contribution in [0, 0.1) is 5.92 Å². The van der Waals surface area contributed by atoms with Crippen LogP contribution in [0.3, 0.4) is 0 Å². The number of carbonyl (C=O) groups is 2. The standard InChI is InChI=1S/C25H20BrClN2O5/c1-2-33-19-13-14(12-18(26)22(19)30)21-20-23(34-29(21)17-6-4-3-5-7-17)25(32)28(24(20)31)16-10-8-15(27)9-11-16/h3-13,20-21,23,30H,2H2,1H3/t20-,21-,23-/m1/s1. The molecule has 1 N–H and O–H groups in total. The lowest BCUT2D eigenvalue weighted by molar-refractivity contribution is -0.126. The number of carbonyl (C=O) groups excluding carboxylic acids is 2. The van der Waals surface area contributed by atoms with Gasteiger partial charge < -0.3 is 9.84 Å². The molecule has 9 heteroatoms. The fourth-order valence-corrected chi connectivity index (χ4v) is 5.01. The van der Waals surface area contributed by atoms with E-state index in [1.807, 2.05) is 37.3 Å². The summed E-state index contributed by atoms with van der Waals surface area (Å²) < 4.78 is 6.02. The molecule has 0 unspecified atom stereocenters. The highest BCUT2D eigenvalue weighted by molar-refractivity contribution is 9.10. The quantitative estimate of drug-likeness (QED) is 0.443. The fourth-order valence-electron chi connectivity index (χ4n) is 4.43. The zero-order chi connectivity index (χ0) is 24.0. The molecule has 0 aliphatic carbocycles. The lowest BCUT2D eigenvalue weighted by Crippen LogP contribution is -2.37. The van der Waals surface area contributed by atoms with Crippen LogP contribution in [0.5, 0.6) is 11.5 Å². The van der Waals surface area contributed by atoms with Gasteiger partial charge in [0, 0.05) is 5.02 Å². The Kier molecular flexibility index (Phi) is 5.97. The molecule has 2 fully saturated rings. The van der Waals surface area contributed by atoms with Crippen LogP contribution in [0.4, 0.5) is 11.4 Å². The van der Waals surface area contributed by atoms with E-state index in [4.69, 9.17) is 21.2 Å². The summed E-state index contributed by atoms with van der Waals surface area (Å²) in [5, 5.41) is 12.5. The molecule has 174 valence electrons. The first-order valence-electron chi connectivity index (χ1n) is 10.7. The maximum Gasteiger partial charge on any atom is 0.266 e. The number of halogens is 2. The maximum absolute atomic E-state index is 13.7. The van der Waals surface area contributed by atoms with Crippen LogP contribution < -0.4 is 14.7 Å². The van der Waals surface area contributed by atoms with Gasteiger partial charge >= 0.3 is 0 Å². The number of hydrogen-bond acceptors (Lipinski definition) is 6. The second kappa shape index (κ2) is 8.94. The average Bonchev–Trinajstić information content (AvgIpc) is 3.34. The van der Waals surface area contributed by atoms with Crippen molar-refractivity contribution in [3.8, 4) is 11.5 Å². The molecule has 3 aromatic carbocycles. The Morgan fingerprint density at radius 1 is 1.03 bits per heavy atom. The van der Waals surface area contributed by atoms with Gasteiger partial charge in [0.15, 0.2) is 17.6 Å². The predicted octanol–water partition coefficient (Wildman–Crippen LogP) is 5.26. The SMILES string of the molecule is CCOc1cc([C@@H]2[C@H]3C(=O)N(c4ccc(Cl)cc4)C(=O)[C@@H]3ON2c2ccccc2)cc(Br)c1O. The number of hydroxylamine groups is 1. The average molecular weight is 544 g/mol. The van der Waals surface area contributed by atoms with E-state index < -0.39 is 24.0 Å². The summed E-state index contributed by atoms with van der Waals surface area (Å²) in [4.78, 5) is 34.3. The van der Waals surface area contributed by atoms with E-state index in [2.05, 4.69) is 15.9 Å². The lowest BCUT2D eigenvalue weighted by Gasteiger charge is -2.29. The van der Waals surface area contributed by atoms with Crippen LogP contribution in [0.25, 0.3) is 0 Å². The normalized spacial score (nSPS) is 21.8. The highest BCUT2D eigenvalue weighted by atomic mass is 79.9. The second-order valence-electron chi connectivity index (χ2n) is 7.93. The third-order valence-electron chi connectivity index (χ3n) is 5.90. The van der Waals surface area contributed by atoms with Crippen LogP contribution in [-0.2, 0) is 14.4 Å². The Balaban J connectivity index is 1.62. The zero-order valence-electron chi connectivity index (χ0n) is 18.0. The van der Waals surface area contributed by atoms with Gasteiger partial charge in [0.2, 0.25) is 5.91 Å². The van der Waals surface area contributed by atoms with E-state index >= 15 is 0 Å². The highest BCUT2D eigenvalue weighted by Gasteiger charge is 2.60. The molecule has 3 atom stereocenters. The summed E-state index contributed by atoms with van der Waals surface area (Å²) in [5.74, 6) is -1.39. The first kappa shape index (κ1) is 22.7. The molecule has 2 heterocycles. The third kappa shape index (κ3) is 3.72. The number of para-hydroxylation sites is 1. The molecule has 2 aliphatic rings. The van der Waals surface area contributed by atoms with Crippen LogP contribution in [0.1, 0.15) is 18.5 Å². The van der Waals surface area contributed by atoms with Gasteiger partial charge in [-0.2, -0.15) is 0 Å². The van der Waals surface area contributed by atoms with Gasteiger partial charge in [0.1, 0.15) is 5.92 Å². The van der Waals surface area contributed by atoms with E-state index in [1.54, 1.807) is 41.5 Å². The maximum atomic E-state index is 13.7. The van der Waals surface area contributed by atoms with Gasteiger partial charge in [0.25, 0.3) is 5.91 Å². The van der Waals surface area contributed by atoms with Crippen molar-refractivity contribution < 1.29 is 24.3 Å². The number of anilines is 2. The summed E-state index contributed by atoms with van der Waals surface area (Å²) in [6.07, 6.45) is -1.00. The van der Waals surface area contributed by atoms with Gasteiger partial charge in [0.05, 0.1) is 28.5 Å². The van der Waals surface area contributed by atoms with Crippen LogP contribution in [0.15, 0.2) is 71.2 Å². The summed E-state index contributed by atoms with van der Waals surface area (Å²) in [6, 6.07) is 18.6. The molecule has 0 aromatic heterocycles. The van der Waals surface area contributed by atoms with Crippen molar-refractivity contribution in [3.63, 3.8) is 0 Å². The molecule has 3 aromatic rings. The molecule has 5 rings (SSSR count). The van der Waals surface area contributed by atoms with Crippen molar-refractivity contribution in [1.29, 1.82) is 0 Å². The number of benzene rings is 3. The second-order valence-corrected chi connectivity index (χ2v) is 9.22. The molecular formula is C25H20BrClN2O5. The number of rotatable bonds is 5. The number of amides is 2. The molecule has 7 nitrogen and oxygen atoms in total. The minimum absolute atomic E-state index is 0.0380. The van der Waals surface area contributed by atoms with Gasteiger partial charge in [-0.05, 0) is 76.9 Å². The molecule has 0 spiro atoms. The third-order valence-corrected chi connectivity index (χ3v) is 6.76. The smallest absolute Gasteiger partial charge is 0.266 e. The monoisotopic (exact) mass is 542 g/mol. The van der Waals surface area contributed by atoms with Crippen LogP contribution >= 0.6 is 27.5 Å². The van der Waals surface area contributed by atoms with E-state index in [9.17, 15) is 14.7 Å². The van der Waals surface area contributed by atoms with Crippen molar-refractivity contribution in [2.45, 2.75) is 19.1 Å². The molecule has 2 aliphatic heterocycles. The van der Waals surface area contributed by atoms with Crippen LogP contribution in [0.2, 0.25) is 5.02 Å². The van der Waals surface area contributed by atoms with Gasteiger partial charge in [-0.1, -0.05) is 29.8 Å². The van der Waals surface area contributed by atoms with E-state index in [-0.39, 0.29) is 17.4 Å². The van der Waals surface area contributed by atoms with E-state index in [0.717, 1.165) is 4.90 Å².